The highest BCUT2D eigenvalue weighted by molar-refractivity contribution is 5.77. The highest BCUT2D eigenvalue weighted by Crippen LogP contribution is 2.42. The van der Waals surface area contributed by atoms with Gasteiger partial charge in [-0.1, -0.05) is 0 Å². The lowest BCUT2D eigenvalue weighted by Gasteiger charge is -2.52. The summed E-state index contributed by atoms with van der Waals surface area (Å²) in [4.78, 5) is 89.4. The molecule has 60 heteroatoms. The number of aliphatic carboxylic acids is 1. The molecule has 10 aliphatic rings. The van der Waals surface area contributed by atoms with E-state index in [1.54, 1.807) is 0 Å². The summed E-state index contributed by atoms with van der Waals surface area (Å²) in [5.74, 6) is -10.7. The van der Waals surface area contributed by atoms with Gasteiger partial charge in [0.1, 0.15) is 238 Å². The quantitative estimate of drug-likeness (QED) is 0.0275. The van der Waals surface area contributed by atoms with Crippen LogP contribution in [-0.2, 0) is 124 Å². The number of hydrogen-bond acceptors (Lipinski definition) is 53. The fraction of sp³-hybridized carbons (Fsp3) is 0.907. The molecule has 0 aromatic rings. The van der Waals surface area contributed by atoms with Crippen molar-refractivity contribution in [3.63, 3.8) is 0 Å². The molecular weight excluding hydrogens is 1850 g/mol. The van der Waals surface area contributed by atoms with Crippen LogP contribution in [0.2, 0.25) is 0 Å². The molecule has 0 unspecified atom stereocenters. The molecule has 60 nitrogen and oxygen atoms in total. The fourth-order valence-corrected chi connectivity index (χ4v) is 17.3. The molecule has 10 aliphatic heterocycles. The lowest BCUT2D eigenvalue weighted by Crippen LogP contribution is -2.71. The number of aliphatic hydroxyl groups excluding tert-OH is 27. The molecule has 10 rings (SSSR count). The average Bonchev–Trinajstić information content (AvgIpc) is 0.793. The minimum absolute atomic E-state index is 0.821. The number of aliphatic hydroxyl groups is 27. The first kappa shape index (κ1) is 111. The molecule has 0 spiro atoms. The van der Waals surface area contributed by atoms with E-state index in [0.717, 1.165) is 41.5 Å². The van der Waals surface area contributed by atoms with E-state index in [1.165, 1.54) is 0 Å². The molecule has 135 heavy (non-hydrogen) atoms. The zero-order chi connectivity index (χ0) is 99.9. The Morgan fingerprint density at radius 3 is 1.03 bits per heavy atom. The summed E-state index contributed by atoms with van der Waals surface area (Å²) in [6, 6.07) is -11.2. The second kappa shape index (κ2) is 48.5. The third-order valence-corrected chi connectivity index (χ3v) is 24.3. The van der Waals surface area contributed by atoms with E-state index in [-0.39, 0.29) is 0 Å². The van der Waals surface area contributed by atoms with Gasteiger partial charge in [-0.2, -0.15) is 0 Å². The van der Waals surface area contributed by atoms with Crippen molar-refractivity contribution in [3.8, 4) is 0 Å². The number of carbonyl (C=O) groups is 7. The number of carboxylic acids is 1. The lowest BCUT2D eigenvalue weighted by molar-refractivity contribution is -0.403. The molecule has 34 N–H and O–H groups in total. The summed E-state index contributed by atoms with van der Waals surface area (Å²) in [5.41, 5.74) is 0. The number of hydrogen-bond donors (Lipinski definition) is 34. The van der Waals surface area contributed by atoms with Gasteiger partial charge in [0.05, 0.1) is 78.2 Å². The first-order valence-corrected chi connectivity index (χ1v) is 42.7. The van der Waals surface area contributed by atoms with Crippen molar-refractivity contribution >= 4 is 41.4 Å². The van der Waals surface area contributed by atoms with Crippen LogP contribution in [0.15, 0.2) is 0 Å². The average molecular weight is 1970 g/mol. The van der Waals surface area contributed by atoms with Crippen molar-refractivity contribution in [2.45, 2.75) is 360 Å². The van der Waals surface area contributed by atoms with E-state index in [4.69, 9.17) is 90.0 Å². The SMILES string of the molecule is CC(=O)N[C@@H]1[C@@H](O)[C@H](O[C@@H]2O[C@H](CO)[C@@H](O[C@@H]3O[C@H](CO[C@H]4O[C@H](CO)[C@@H](O)[C@H](O)[C@@H]4O[C@@H]4O[C@H](CO)[C@@H](O[C@@H]5O[C@H](CO[C@]6(C(=O)O)C[C@H](O)[C@@H](NC(C)=O)[C@H]([C@H](O)[C@H](O)CO)O6)[C@H](O)[C@H](O)[C@H]5O)[C@H](O)[C@H]4NC(C)=O)[C@@H](O)[C@H](O[C@H]4O[C@H](CO)[C@@H](O[C@@H]5O[C@H](CO)[C@@H](O)[C@H](O)[C@H]5NC(C)=O)[C@H](O)[C@@H]4O[C@@H]4O[C@H](CO)[C@@H](O)[C@H](O)[C@H]4NC(C)=O)[C@@H]3O)[C@H](O)[C@H]2NC(C)=O)[C@@H](CO)O[C@H]1O. The van der Waals surface area contributed by atoms with Crippen LogP contribution in [0.4, 0.5) is 0 Å². The standard InChI is InChI=1S/C75H124N6O54/c1-18(90)76-35-24(96)7-75(74(115)116,135-61(35)41(98)25(97)8-82)118-17-34-45(102)52(109)54(111)70(127-34)130-58-30(13-87)124-69(40(51(58)108)81-23(6)95)133-63-53(110)44(101)28(11-85)122-72(63)117-16-33-46(103)62(56(113)71(126-33)131-59-31(14-88)123-68(39(50(59)107)80-22(5)94)128-57-29(12-86)119-65(114)36(49(57)106)77-19(2)91)132-73-64(134-67-38(79-21(4)93)48(105)43(100)27(10-84)121-67)55(112)60(32(15-89)125-73)129-66-37(78-20(3)92)47(104)42(99)26(9-83)120-66/h24-73,82-89,96-114H,7-17H2,1-6H3,(H,76,90)(H,77,91)(H,78,92)(H,79,93)(H,80,94)(H,81,95)(H,115,116)/t24-,25+,26+,27+,28+,29+,30+,31+,32+,33+,34+,35+,36+,37+,38+,39+,40+,41+,42+,43+,44+,45-,46+,47+,48+,49+,50+,51+,52-,53-,54+,55-,56-,57+,58+,59+,60+,61+,62-,63-,64-,65+,66-,67-,68-,69-,70-,71-,72-,73+,75+/m0/s1. The number of rotatable bonds is 37. The molecule has 0 aliphatic carbocycles. The van der Waals surface area contributed by atoms with Gasteiger partial charge in [-0.25, -0.2) is 4.79 Å². The Morgan fingerprint density at radius 1 is 0.304 bits per heavy atom. The Balaban J connectivity index is 0.987. The summed E-state index contributed by atoms with van der Waals surface area (Å²) in [7, 11) is 0. The number of amides is 6. The molecule has 0 radical (unpaired) electrons. The first-order valence-electron chi connectivity index (χ1n) is 42.7. The molecule has 0 saturated carbocycles. The highest BCUT2D eigenvalue weighted by Gasteiger charge is 2.64. The van der Waals surface area contributed by atoms with Gasteiger partial charge >= 0.3 is 5.97 Å². The van der Waals surface area contributed by atoms with Crippen molar-refractivity contribution in [1.82, 2.24) is 31.9 Å². The summed E-state index contributed by atoms with van der Waals surface area (Å²) in [6.45, 7) is -6.38. The summed E-state index contributed by atoms with van der Waals surface area (Å²) in [5, 5.41) is 330. The Bertz CT molecular complexity index is 3820. The highest BCUT2D eigenvalue weighted by atomic mass is 16.8. The number of ether oxygens (including phenoxy) is 19. The van der Waals surface area contributed by atoms with E-state index < -0.39 is 426 Å². The second-order valence-electron chi connectivity index (χ2n) is 33.9. The summed E-state index contributed by atoms with van der Waals surface area (Å²) < 4.78 is 114. The molecule has 0 aromatic heterocycles. The van der Waals surface area contributed by atoms with Gasteiger partial charge in [-0.15, -0.1) is 0 Å². The molecule has 10 fully saturated rings. The van der Waals surface area contributed by atoms with Crippen molar-refractivity contribution in [2.24, 2.45) is 0 Å². The van der Waals surface area contributed by atoms with Gasteiger partial charge in [0.25, 0.3) is 5.79 Å². The van der Waals surface area contributed by atoms with Crippen LogP contribution in [0.5, 0.6) is 0 Å². The van der Waals surface area contributed by atoms with Gasteiger partial charge in [0, 0.05) is 48.0 Å². The fourth-order valence-electron chi connectivity index (χ4n) is 17.3. The maximum atomic E-state index is 13.2. The monoisotopic (exact) mass is 1970 g/mol. The number of carbonyl (C=O) groups excluding carboxylic acids is 6. The largest absolute Gasteiger partial charge is 0.477 e. The van der Waals surface area contributed by atoms with Crippen LogP contribution in [0.1, 0.15) is 48.0 Å². The molecule has 51 atom stereocenters. The van der Waals surface area contributed by atoms with Gasteiger partial charge in [0.2, 0.25) is 35.4 Å². The number of carboxylic acid groups (broad SMARTS) is 1. The Kier molecular flexibility index (Phi) is 40.0. The first-order chi connectivity index (χ1) is 63.7. The van der Waals surface area contributed by atoms with Crippen LogP contribution in [0.25, 0.3) is 0 Å². The normalized spacial score (nSPS) is 46.4. The second-order valence-corrected chi connectivity index (χ2v) is 33.9. The van der Waals surface area contributed by atoms with Crippen LogP contribution >= 0.6 is 0 Å². The topological polar surface area (TPSA) is 933 Å². The number of nitrogens with one attached hydrogen (secondary N) is 6. The summed E-state index contributed by atoms with van der Waals surface area (Å²) >= 11 is 0. The van der Waals surface area contributed by atoms with E-state index in [9.17, 15) is 177 Å². The van der Waals surface area contributed by atoms with Crippen molar-refractivity contribution in [3.05, 3.63) is 0 Å². The molecular formula is C75H124N6O54. The minimum atomic E-state index is -3.11. The summed E-state index contributed by atoms with van der Waals surface area (Å²) in [6.07, 6.45) is -98.1. The van der Waals surface area contributed by atoms with E-state index in [1.807, 2.05) is 0 Å². The van der Waals surface area contributed by atoms with Crippen LogP contribution in [-0.4, -0.2) is 563 Å². The predicted octanol–water partition coefficient (Wildman–Crippen LogP) is -22.7. The smallest absolute Gasteiger partial charge is 0.364 e. The minimum Gasteiger partial charge on any atom is -0.477 e. The van der Waals surface area contributed by atoms with Crippen LogP contribution < -0.4 is 31.9 Å². The lowest BCUT2D eigenvalue weighted by atomic mass is 9.88. The Hall–Kier alpha value is -5.55. The molecule has 778 valence electrons. The Morgan fingerprint density at radius 2 is 0.615 bits per heavy atom. The molecule has 0 bridgehead atoms. The van der Waals surface area contributed by atoms with Crippen molar-refractivity contribution in [1.29, 1.82) is 0 Å². The Labute approximate surface area is 764 Å². The van der Waals surface area contributed by atoms with Gasteiger partial charge in [0.15, 0.2) is 56.6 Å². The molecule has 0 aromatic carbocycles. The third-order valence-electron chi connectivity index (χ3n) is 24.3. The van der Waals surface area contributed by atoms with Crippen LogP contribution in [0.3, 0.4) is 0 Å². The maximum Gasteiger partial charge on any atom is 0.364 e. The predicted molar refractivity (Wildman–Crippen MR) is 416 cm³/mol. The molecule has 10 saturated heterocycles. The van der Waals surface area contributed by atoms with E-state index in [0.29, 0.717) is 0 Å². The zero-order valence-corrected chi connectivity index (χ0v) is 72.8. The van der Waals surface area contributed by atoms with Crippen molar-refractivity contribution < 1.29 is 267 Å². The van der Waals surface area contributed by atoms with Gasteiger partial charge in [-0.3, -0.25) is 28.8 Å². The van der Waals surface area contributed by atoms with E-state index >= 15 is 0 Å². The zero-order valence-electron chi connectivity index (χ0n) is 72.8. The van der Waals surface area contributed by atoms with E-state index in [2.05, 4.69) is 31.9 Å². The molecule has 6 amide bonds. The van der Waals surface area contributed by atoms with Gasteiger partial charge in [-0.05, 0) is 0 Å². The third kappa shape index (κ3) is 25.2. The maximum absolute atomic E-state index is 13.2. The van der Waals surface area contributed by atoms with Crippen molar-refractivity contribution in [2.75, 3.05) is 66.1 Å². The van der Waals surface area contributed by atoms with Crippen LogP contribution in [0, 0.1) is 0 Å². The van der Waals surface area contributed by atoms with Gasteiger partial charge < -0.3 is 265 Å². The molecule has 10 heterocycles.